The van der Waals surface area contributed by atoms with Crippen LogP contribution in [0.2, 0.25) is 0 Å². The summed E-state index contributed by atoms with van der Waals surface area (Å²) < 4.78 is 14.4. The van der Waals surface area contributed by atoms with Crippen LogP contribution < -0.4 is 0 Å². The van der Waals surface area contributed by atoms with E-state index in [2.05, 4.69) is 4.74 Å². The molecule has 0 spiro atoms. The smallest absolute Gasteiger partial charge is 0.337 e. The molecule has 1 heterocycles. The van der Waals surface area contributed by atoms with Crippen LogP contribution in [0.4, 0.5) is 0 Å². The molecular weight excluding hydrogens is 204 g/mol. The molecule has 1 aliphatic rings. The van der Waals surface area contributed by atoms with Gasteiger partial charge in [0.2, 0.25) is 0 Å². The highest BCUT2D eigenvalue weighted by Crippen LogP contribution is 2.26. The second-order valence-electron chi connectivity index (χ2n) is 3.52. The first-order valence-electron chi connectivity index (χ1n) is 4.65. The highest BCUT2D eigenvalue weighted by molar-refractivity contribution is 5.75. The van der Waals surface area contributed by atoms with E-state index in [0.29, 0.717) is 0 Å². The number of ether oxygens (including phenoxy) is 3. The number of rotatable bonds is 2. The first kappa shape index (κ1) is 12.4. The summed E-state index contributed by atoms with van der Waals surface area (Å²) in [5.74, 6) is -1.20. The molecule has 6 heteroatoms. The van der Waals surface area contributed by atoms with Crippen LogP contribution in [0.5, 0.6) is 0 Å². The van der Waals surface area contributed by atoms with Crippen molar-refractivity contribution >= 4 is 5.97 Å². The number of esters is 1. The van der Waals surface area contributed by atoms with Crippen LogP contribution in [-0.2, 0) is 19.0 Å². The standard InChI is InChI=1S/C9H16O6/c1-4-5(10)7(8(12)13-2)15-9(14-3)6(4)11/h4-7,9-11H,1-3H3. The number of carbonyl (C=O) groups excluding carboxylic acids is 1. The van der Waals surface area contributed by atoms with Crippen LogP contribution in [-0.4, -0.2) is 55.0 Å². The lowest BCUT2D eigenvalue weighted by molar-refractivity contribution is -0.274. The summed E-state index contributed by atoms with van der Waals surface area (Å²) in [6, 6.07) is 0. The number of hydrogen-bond acceptors (Lipinski definition) is 6. The molecule has 6 nitrogen and oxygen atoms in total. The second-order valence-corrected chi connectivity index (χ2v) is 3.52. The van der Waals surface area contributed by atoms with Gasteiger partial charge in [0.25, 0.3) is 0 Å². The van der Waals surface area contributed by atoms with Crippen LogP contribution in [0, 0.1) is 5.92 Å². The lowest BCUT2D eigenvalue weighted by Crippen LogP contribution is -2.56. The highest BCUT2D eigenvalue weighted by atomic mass is 16.7. The third kappa shape index (κ3) is 2.28. The van der Waals surface area contributed by atoms with Crippen molar-refractivity contribution in [2.75, 3.05) is 14.2 Å². The summed E-state index contributed by atoms with van der Waals surface area (Å²) in [7, 11) is 2.56. The van der Waals surface area contributed by atoms with Crippen molar-refractivity contribution in [2.45, 2.75) is 31.5 Å². The lowest BCUT2D eigenvalue weighted by Gasteiger charge is -2.39. The maximum Gasteiger partial charge on any atom is 0.337 e. The SMILES string of the molecule is COC(=O)C1OC(OC)C(O)C(C)C1O. The van der Waals surface area contributed by atoms with Gasteiger partial charge >= 0.3 is 5.97 Å². The van der Waals surface area contributed by atoms with E-state index in [4.69, 9.17) is 9.47 Å². The van der Waals surface area contributed by atoms with Crippen molar-refractivity contribution < 1.29 is 29.2 Å². The van der Waals surface area contributed by atoms with Gasteiger partial charge in [-0.1, -0.05) is 6.92 Å². The molecule has 0 bridgehead atoms. The monoisotopic (exact) mass is 220 g/mol. The van der Waals surface area contributed by atoms with Crippen molar-refractivity contribution in [3.8, 4) is 0 Å². The van der Waals surface area contributed by atoms with E-state index in [1.807, 2.05) is 0 Å². The predicted molar refractivity (Wildman–Crippen MR) is 48.9 cm³/mol. The van der Waals surface area contributed by atoms with Crippen LogP contribution in [0.3, 0.4) is 0 Å². The van der Waals surface area contributed by atoms with E-state index in [1.165, 1.54) is 14.2 Å². The van der Waals surface area contributed by atoms with Gasteiger partial charge in [0, 0.05) is 13.0 Å². The minimum Gasteiger partial charge on any atom is -0.467 e. The topological polar surface area (TPSA) is 85.2 Å². The van der Waals surface area contributed by atoms with Crippen LogP contribution >= 0.6 is 0 Å². The second kappa shape index (κ2) is 4.89. The van der Waals surface area contributed by atoms with Gasteiger partial charge in [0.05, 0.1) is 13.2 Å². The Morgan fingerprint density at radius 3 is 2.33 bits per heavy atom. The van der Waals surface area contributed by atoms with Gasteiger partial charge in [-0.15, -0.1) is 0 Å². The first-order valence-corrected chi connectivity index (χ1v) is 4.65. The summed E-state index contributed by atoms with van der Waals surface area (Å²) >= 11 is 0. The normalized spacial score (nSPS) is 41.3. The molecule has 0 aromatic heterocycles. The summed E-state index contributed by atoms with van der Waals surface area (Å²) in [5, 5.41) is 19.3. The number of hydrogen-bond donors (Lipinski definition) is 2. The number of methoxy groups -OCH3 is 2. The zero-order valence-electron chi connectivity index (χ0n) is 8.91. The molecule has 88 valence electrons. The largest absolute Gasteiger partial charge is 0.467 e. The maximum absolute atomic E-state index is 11.2. The molecule has 0 saturated carbocycles. The molecular formula is C9H16O6. The fourth-order valence-electron chi connectivity index (χ4n) is 1.54. The lowest BCUT2D eigenvalue weighted by atomic mass is 9.91. The van der Waals surface area contributed by atoms with E-state index in [1.54, 1.807) is 6.92 Å². The van der Waals surface area contributed by atoms with Crippen LogP contribution in [0.25, 0.3) is 0 Å². The number of aliphatic hydroxyl groups is 2. The summed E-state index contributed by atoms with van der Waals surface area (Å²) in [6.45, 7) is 1.61. The minimum absolute atomic E-state index is 0.521. The molecule has 1 saturated heterocycles. The summed E-state index contributed by atoms with van der Waals surface area (Å²) in [6.07, 6.45) is -4.10. The van der Waals surface area contributed by atoms with Crippen molar-refractivity contribution in [1.82, 2.24) is 0 Å². The zero-order chi connectivity index (χ0) is 11.6. The van der Waals surface area contributed by atoms with Gasteiger partial charge in [0.1, 0.15) is 6.10 Å². The van der Waals surface area contributed by atoms with Gasteiger partial charge in [-0.2, -0.15) is 0 Å². The van der Waals surface area contributed by atoms with E-state index in [0.717, 1.165) is 0 Å². The van der Waals surface area contributed by atoms with Gasteiger partial charge < -0.3 is 24.4 Å². The van der Waals surface area contributed by atoms with E-state index >= 15 is 0 Å². The molecule has 0 aromatic rings. The molecule has 1 fully saturated rings. The molecule has 15 heavy (non-hydrogen) atoms. The molecule has 0 aromatic carbocycles. The van der Waals surface area contributed by atoms with Gasteiger partial charge in [-0.3, -0.25) is 0 Å². The molecule has 0 aliphatic carbocycles. The zero-order valence-corrected chi connectivity index (χ0v) is 8.91. The predicted octanol–water partition coefficient (Wildman–Crippen LogP) is -1.11. The molecule has 2 N–H and O–H groups in total. The van der Waals surface area contributed by atoms with Gasteiger partial charge in [-0.25, -0.2) is 4.79 Å². The Morgan fingerprint density at radius 1 is 1.27 bits per heavy atom. The van der Waals surface area contributed by atoms with E-state index in [-0.39, 0.29) is 0 Å². The molecule has 5 atom stereocenters. The van der Waals surface area contributed by atoms with Crippen molar-refractivity contribution in [3.63, 3.8) is 0 Å². The summed E-state index contributed by atoms with van der Waals surface area (Å²) in [4.78, 5) is 11.2. The Hall–Kier alpha value is -0.690. The maximum atomic E-state index is 11.2. The van der Waals surface area contributed by atoms with Crippen LogP contribution in [0.1, 0.15) is 6.92 Å². The fraction of sp³-hybridized carbons (Fsp3) is 0.889. The highest BCUT2D eigenvalue weighted by Gasteiger charge is 2.45. The van der Waals surface area contributed by atoms with Crippen molar-refractivity contribution in [2.24, 2.45) is 5.92 Å². The van der Waals surface area contributed by atoms with E-state index < -0.39 is 36.5 Å². The van der Waals surface area contributed by atoms with Crippen molar-refractivity contribution in [3.05, 3.63) is 0 Å². The minimum atomic E-state index is -1.11. The summed E-state index contributed by atoms with van der Waals surface area (Å²) in [5.41, 5.74) is 0. The number of carbonyl (C=O) groups is 1. The van der Waals surface area contributed by atoms with Crippen LogP contribution in [0.15, 0.2) is 0 Å². The Morgan fingerprint density at radius 2 is 1.87 bits per heavy atom. The first-order chi connectivity index (χ1) is 7.02. The van der Waals surface area contributed by atoms with Gasteiger partial charge in [0.15, 0.2) is 12.4 Å². The molecule has 0 amide bonds. The molecule has 1 rings (SSSR count). The fourth-order valence-corrected chi connectivity index (χ4v) is 1.54. The number of aliphatic hydroxyl groups excluding tert-OH is 2. The third-order valence-corrected chi connectivity index (χ3v) is 2.61. The average Bonchev–Trinajstić information content (AvgIpc) is 2.25. The molecule has 0 radical (unpaired) electrons. The Kier molecular flexibility index (Phi) is 4.04. The third-order valence-electron chi connectivity index (χ3n) is 2.61. The quantitative estimate of drug-likeness (QED) is 0.574. The van der Waals surface area contributed by atoms with Crippen molar-refractivity contribution in [1.29, 1.82) is 0 Å². The van der Waals surface area contributed by atoms with Gasteiger partial charge in [-0.05, 0) is 0 Å². The average molecular weight is 220 g/mol. The Bertz CT molecular complexity index is 229. The molecule has 5 unspecified atom stereocenters. The van der Waals surface area contributed by atoms with E-state index in [9.17, 15) is 15.0 Å². The molecule has 1 aliphatic heterocycles. The Balaban J connectivity index is 2.78. The Labute approximate surface area is 87.7 Å².